The highest BCUT2D eigenvalue weighted by atomic mass is 32.2. The molecule has 0 saturated carbocycles. The summed E-state index contributed by atoms with van der Waals surface area (Å²) >= 11 is 0. The molecule has 0 aromatic rings. The lowest BCUT2D eigenvalue weighted by Crippen LogP contribution is -2.37. The lowest BCUT2D eigenvalue weighted by molar-refractivity contribution is 0.526. The summed E-state index contributed by atoms with van der Waals surface area (Å²) in [6.45, 7) is 0. The van der Waals surface area contributed by atoms with E-state index in [-0.39, 0.29) is 17.5 Å². The molecule has 0 aromatic carbocycles. The van der Waals surface area contributed by atoms with E-state index in [4.69, 9.17) is 5.26 Å². The molecule has 0 radical (unpaired) electrons. The van der Waals surface area contributed by atoms with E-state index in [9.17, 15) is 8.42 Å². The number of rotatable bonds is 1. The predicted molar refractivity (Wildman–Crippen MR) is 40.4 cm³/mol. The minimum atomic E-state index is -2.87. The van der Waals surface area contributed by atoms with Crippen molar-refractivity contribution in [3.8, 4) is 6.19 Å². The Kier molecular flexibility index (Phi) is 2.35. The second-order valence-corrected chi connectivity index (χ2v) is 4.94. The highest BCUT2D eigenvalue weighted by Crippen LogP contribution is 2.11. The van der Waals surface area contributed by atoms with E-state index >= 15 is 0 Å². The maximum atomic E-state index is 11.0. The van der Waals surface area contributed by atoms with Gasteiger partial charge in [0.1, 0.15) is 0 Å². The summed E-state index contributed by atoms with van der Waals surface area (Å²) < 4.78 is 22.0. The number of hydrogen-bond acceptors (Lipinski definition) is 4. The van der Waals surface area contributed by atoms with Crippen molar-refractivity contribution in [1.82, 2.24) is 5.32 Å². The van der Waals surface area contributed by atoms with Gasteiger partial charge in [0.2, 0.25) is 0 Å². The lowest BCUT2D eigenvalue weighted by Gasteiger charge is -2.19. The molecule has 0 bridgehead atoms. The third-order valence-electron chi connectivity index (χ3n) is 1.73. The van der Waals surface area contributed by atoms with E-state index in [1.807, 2.05) is 0 Å². The van der Waals surface area contributed by atoms with Gasteiger partial charge in [-0.2, -0.15) is 5.26 Å². The molecule has 0 aliphatic carbocycles. The summed E-state index contributed by atoms with van der Waals surface area (Å²) in [6.07, 6.45) is 3.21. The molecule has 1 aliphatic rings. The molecule has 0 aromatic heterocycles. The van der Waals surface area contributed by atoms with Crippen LogP contribution in [-0.2, 0) is 9.84 Å². The van der Waals surface area contributed by atoms with Crippen molar-refractivity contribution in [3.63, 3.8) is 0 Å². The minimum Gasteiger partial charge on any atom is -0.320 e. The van der Waals surface area contributed by atoms with Gasteiger partial charge < -0.3 is 5.32 Å². The fourth-order valence-electron chi connectivity index (χ4n) is 1.23. The van der Waals surface area contributed by atoms with Crippen LogP contribution in [0.25, 0.3) is 0 Å². The Morgan fingerprint density at radius 1 is 1.55 bits per heavy atom. The summed E-state index contributed by atoms with van der Waals surface area (Å²) in [7, 11) is -2.87. The van der Waals surface area contributed by atoms with Gasteiger partial charge in [-0.1, -0.05) is 0 Å². The minimum absolute atomic E-state index is 0.112. The van der Waals surface area contributed by atoms with E-state index < -0.39 is 9.84 Å². The molecule has 1 rings (SSSR count). The second-order valence-electron chi connectivity index (χ2n) is 2.71. The molecule has 4 nitrogen and oxygen atoms in total. The molecule has 1 fully saturated rings. The van der Waals surface area contributed by atoms with Crippen molar-refractivity contribution in [2.45, 2.75) is 18.9 Å². The maximum absolute atomic E-state index is 11.0. The van der Waals surface area contributed by atoms with E-state index in [0.717, 1.165) is 6.42 Å². The first-order valence-electron chi connectivity index (χ1n) is 3.49. The number of nitriles is 1. The highest BCUT2D eigenvalue weighted by Gasteiger charge is 2.23. The Bertz CT molecular complexity index is 265. The van der Waals surface area contributed by atoms with Crippen LogP contribution in [0.5, 0.6) is 0 Å². The first kappa shape index (κ1) is 8.34. The van der Waals surface area contributed by atoms with Crippen molar-refractivity contribution in [1.29, 1.82) is 5.26 Å². The van der Waals surface area contributed by atoms with Crippen LogP contribution >= 0.6 is 0 Å². The average Bonchev–Trinajstić information content (AvgIpc) is 1.85. The zero-order chi connectivity index (χ0) is 8.32. The molecular formula is C6H10N2O2S. The van der Waals surface area contributed by atoms with Gasteiger partial charge in [0.05, 0.1) is 11.5 Å². The molecule has 1 N–H and O–H groups in total. The number of sulfone groups is 1. The monoisotopic (exact) mass is 174 g/mol. The predicted octanol–water partition coefficient (Wildman–Crippen LogP) is -0.366. The zero-order valence-corrected chi connectivity index (χ0v) is 6.89. The lowest BCUT2D eigenvalue weighted by atomic mass is 10.2. The van der Waals surface area contributed by atoms with Gasteiger partial charge in [-0.15, -0.1) is 0 Å². The molecule has 62 valence electrons. The fraction of sp³-hybridized carbons (Fsp3) is 0.833. The standard InChI is InChI=1S/C6H10N2O2S/c7-5-8-6-2-1-3-11(9,10)4-6/h6,8H,1-4H2. The van der Waals surface area contributed by atoms with Crippen molar-refractivity contribution in [2.24, 2.45) is 0 Å². The van der Waals surface area contributed by atoms with Crippen molar-refractivity contribution >= 4 is 9.84 Å². The van der Waals surface area contributed by atoms with Crippen LogP contribution in [0.3, 0.4) is 0 Å². The normalized spacial score (nSPS) is 28.8. The van der Waals surface area contributed by atoms with Crippen LogP contribution in [-0.4, -0.2) is 26.0 Å². The Morgan fingerprint density at radius 2 is 2.27 bits per heavy atom. The topological polar surface area (TPSA) is 70.0 Å². The van der Waals surface area contributed by atoms with Crippen molar-refractivity contribution < 1.29 is 8.42 Å². The van der Waals surface area contributed by atoms with E-state index in [1.165, 1.54) is 0 Å². The molecule has 1 aliphatic heterocycles. The largest absolute Gasteiger partial charge is 0.320 e. The van der Waals surface area contributed by atoms with Gasteiger partial charge >= 0.3 is 0 Å². The molecule has 1 atom stereocenters. The number of nitrogens with one attached hydrogen (secondary N) is 1. The number of nitrogens with zero attached hydrogens (tertiary/aromatic N) is 1. The summed E-state index contributed by atoms with van der Waals surface area (Å²) in [6, 6.07) is -0.154. The van der Waals surface area contributed by atoms with Gasteiger partial charge in [0.15, 0.2) is 16.0 Å². The molecular weight excluding hydrogens is 164 g/mol. The smallest absolute Gasteiger partial charge is 0.176 e. The maximum Gasteiger partial charge on any atom is 0.176 e. The van der Waals surface area contributed by atoms with Gasteiger partial charge in [-0.3, -0.25) is 0 Å². The molecule has 1 saturated heterocycles. The van der Waals surface area contributed by atoms with Crippen LogP contribution in [0.15, 0.2) is 0 Å². The van der Waals surface area contributed by atoms with Crippen LogP contribution in [0, 0.1) is 11.5 Å². The zero-order valence-electron chi connectivity index (χ0n) is 6.08. The number of hydrogen-bond donors (Lipinski definition) is 1. The quantitative estimate of drug-likeness (QED) is 0.435. The Labute approximate surface area is 66.1 Å². The molecule has 0 spiro atoms. The Hall–Kier alpha value is -0.760. The van der Waals surface area contributed by atoms with Gasteiger partial charge in [-0.25, -0.2) is 8.42 Å². The first-order valence-corrected chi connectivity index (χ1v) is 5.31. The fourth-order valence-corrected chi connectivity index (χ4v) is 2.86. The third kappa shape index (κ3) is 2.39. The molecule has 11 heavy (non-hydrogen) atoms. The van der Waals surface area contributed by atoms with Crippen LogP contribution in [0.2, 0.25) is 0 Å². The van der Waals surface area contributed by atoms with Crippen molar-refractivity contribution in [3.05, 3.63) is 0 Å². The molecule has 5 heteroatoms. The van der Waals surface area contributed by atoms with Crippen LogP contribution < -0.4 is 5.32 Å². The Morgan fingerprint density at radius 3 is 2.82 bits per heavy atom. The molecule has 1 unspecified atom stereocenters. The second kappa shape index (κ2) is 3.09. The van der Waals surface area contributed by atoms with Gasteiger partial charge in [0.25, 0.3) is 0 Å². The average molecular weight is 174 g/mol. The summed E-state index contributed by atoms with van der Waals surface area (Å²) in [5.41, 5.74) is 0. The van der Waals surface area contributed by atoms with Gasteiger partial charge in [-0.05, 0) is 12.8 Å². The first-order chi connectivity index (χ1) is 5.14. The summed E-state index contributed by atoms with van der Waals surface area (Å²) in [5.74, 6) is 0.386. The van der Waals surface area contributed by atoms with Gasteiger partial charge in [0, 0.05) is 6.04 Å². The summed E-state index contributed by atoms with van der Waals surface area (Å²) in [5, 5.41) is 10.7. The highest BCUT2D eigenvalue weighted by molar-refractivity contribution is 7.91. The van der Waals surface area contributed by atoms with E-state index in [0.29, 0.717) is 6.42 Å². The van der Waals surface area contributed by atoms with Crippen LogP contribution in [0.4, 0.5) is 0 Å². The van der Waals surface area contributed by atoms with Crippen LogP contribution in [0.1, 0.15) is 12.8 Å². The molecule has 0 amide bonds. The third-order valence-corrected chi connectivity index (χ3v) is 3.55. The van der Waals surface area contributed by atoms with E-state index in [1.54, 1.807) is 6.19 Å². The Balaban J connectivity index is 2.55. The van der Waals surface area contributed by atoms with E-state index in [2.05, 4.69) is 5.32 Å². The molecule has 1 heterocycles. The van der Waals surface area contributed by atoms with Crippen molar-refractivity contribution in [2.75, 3.05) is 11.5 Å². The SMILES string of the molecule is N#CNC1CCCS(=O)(=O)C1. The summed E-state index contributed by atoms with van der Waals surface area (Å²) in [4.78, 5) is 0.